The summed E-state index contributed by atoms with van der Waals surface area (Å²) in [5, 5.41) is 4.36. The van der Waals surface area contributed by atoms with Gasteiger partial charge in [-0.1, -0.05) is 0 Å². The second-order valence-corrected chi connectivity index (χ2v) is 2.57. The minimum Gasteiger partial charge on any atom is -0.368 e. The van der Waals surface area contributed by atoms with E-state index in [1.807, 2.05) is 14.1 Å². The predicted molar refractivity (Wildman–Crippen MR) is 46.1 cm³/mol. The second-order valence-electron chi connectivity index (χ2n) is 2.21. The Balaban J connectivity index is 2.93. The summed E-state index contributed by atoms with van der Waals surface area (Å²) < 4.78 is 1.40. The minimum absolute atomic E-state index is 0.309. The molecule has 2 N–H and O–H groups in total. The highest BCUT2D eigenvalue weighted by atomic mass is 32.1. The third-order valence-corrected chi connectivity index (χ3v) is 1.68. The quantitative estimate of drug-likeness (QED) is 0.536. The third kappa shape index (κ3) is 1.45. The topological polar surface area (TPSA) is 60.0 Å². The molecular formula is C5H9N5S. The maximum absolute atomic E-state index is 5.45. The van der Waals surface area contributed by atoms with Gasteiger partial charge in [0, 0.05) is 14.1 Å². The van der Waals surface area contributed by atoms with Gasteiger partial charge in [0.15, 0.2) is 5.11 Å². The van der Waals surface area contributed by atoms with E-state index in [1.165, 1.54) is 11.0 Å². The Hall–Kier alpha value is -1.17. The van der Waals surface area contributed by atoms with Crippen LogP contribution in [0.5, 0.6) is 0 Å². The summed E-state index contributed by atoms with van der Waals surface area (Å²) in [4.78, 5) is 5.47. The number of thiocarbonyl (C=S) groups is 1. The molecule has 0 radical (unpaired) electrons. The van der Waals surface area contributed by atoms with Crippen LogP contribution in [0.2, 0.25) is 0 Å². The molecule has 11 heavy (non-hydrogen) atoms. The van der Waals surface area contributed by atoms with Crippen LogP contribution >= 0.6 is 12.2 Å². The van der Waals surface area contributed by atoms with Crippen LogP contribution in [0.1, 0.15) is 0 Å². The molecule has 0 aliphatic rings. The van der Waals surface area contributed by atoms with E-state index in [0.29, 0.717) is 11.1 Å². The molecule has 0 fully saturated rings. The molecule has 5 nitrogen and oxygen atoms in total. The van der Waals surface area contributed by atoms with Gasteiger partial charge in [-0.25, -0.2) is 0 Å². The monoisotopic (exact) mass is 171 g/mol. The zero-order valence-electron chi connectivity index (χ0n) is 6.35. The van der Waals surface area contributed by atoms with Gasteiger partial charge in [0.2, 0.25) is 5.95 Å². The average molecular weight is 171 g/mol. The molecule has 0 spiro atoms. The third-order valence-electron chi connectivity index (χ3n) is 1.14. The fourth-order valence-electron chi connectivity index (χ4n) is 0.587. The lowest BCUT2D eigenvalue weighted by Gasteiger charge is -2.12. The molecular weight excluding hydrogens is 162 g/mol. The van der Waals surface area contributed by atoms with Gasteiger partial charge in [-0.2, -0.15) is 14.8 Å². The smallest absolute Gasteiger partial charge is 0.225 e. The first-order chi connectivity index (χ1) is 5.13. The summed E-state index contributed by atoms with van der Waals surface area (Å²) >= 11 is 4.99. The molecule has 0 saturated heterocycles. The first kappa shape index (κ1) is 7.93. The van der Waals surface area contributed by atoms with Gasteiger partial charge in [-0.05, 0) is 12.2 Å². The lowest BCUT2D eigenvalue weighted by Crippen LogP contribution is -2.28. The van der Waals surface area contributed by atoms with E-state index in [-0.39, 0.29) is 0 Å². The summed E-state index contributed by atoms with van der Waals surface area (Å²) in [6.07, 6.45) is 1.37. The van der Waals surface area contributed by atoms with Crippen LogP contribution in [0.3, 0.4) is 0 Å². The van der Waals surface area contributed by atoms with Crippen LogP contribution in [0, 0.1) is 0 Å². The Labute approximate surface area is 69.8 Å². The maximum Gasteiger partial charge on any atom is 0.225 e. The SMILES string of the molecule is CN(C)C(=S)n1ncnc1N. The fourth-order valence-corrected chi connectivity index (χ4v) is 0.728. The van der Waals surface area contributed by atoms with Crippen molar-refractivity contribution in [2.45, 2.75) is 0 Å². The standard InChI is InChI=1S/C5H9N5S/c1-9(2)5(11)10-4(6)7-3-8-10/h3H,1-2H3,(H2,6,7,8). The maximum atomic E-state index is 5.45. The molecule has 0 aliphatic heterocycles. The van der Waals surface area contributed by atoms with Crippen LogP contribution in [0.4, 0.5) is 5.95 Å². The van der Waals surface area contributed by atoms with E-state index in [0.717, 1.165) is 0 Å². The van der Waals surface area contributed by atoms with Crippen LogP contribution in [-0.2, 0) is 0 Å². The molecule has 0 aromatic carbocycles. The Morgan fingerprint density at radius 1 is 1.73 bits per heavy atom. The van der Waals surface area contributed by atoms with Crippen LogP contribution in [0.25, 0.3) is 0 Å². The van der Waals surface area contributed by atoms with Crippen molar-refractivity contribution in [3.05, 3.63) is 6.33 Å². The molecule has 0 bridgehead atoms. The molecule has 1 rings (SSSR count). The van der Waals surface area contributed by atoms with Crippen molar-refractivity contribution < 1.29 is 0 Å². The van der Waals surface area contributed by atoms with Gasteiger partial charge >= 0.3 is 0 Å². The van der Waals surface area contributed by atoms with Crippen molar-refractivity contribution in [2.75, 3.05) is 19.8 Å². The Bertz CT molecular complexity index is 266. The largest absolute Gasteiger partial charge is 0.368 e. The van der Waals surface area contributed by atoms with Crippen molar-refractivity contribution >= 4 is 23.3 Å². The molecule has 1 aromatic rings. The van der Waals surface area contributed by atoms with Crippen molar-refractivity contribution in [3.8, 4) is 0 Å². The van der Waals surface area contributed by atoms with Gasteiger partial charge < -0.3 is 10.6 Å². The molecule has 1 heterocycles. The Morgan fingerprint density at radius 3 is 2.73 bits per heavy atom. The summed E-state index contributed by atoms with van der Waals surface area (Å²) in [6.45, 7) is 0. The molecule has 1 aromatic heterocycles. The van der Waals surface area contributed by atoms with E-state index in [4.69, 9.17) is 18.0 Å². The van der Waals surface area contributed by atoms with Crippen LogP contribution < -0.4 is 5.73 Å². The molecule has 0 atom stereocenters. The normalized spacial score (nSPS) is 9.64. The first-order valence-corrected chi connectivity index (χ1v) is 3.41. The highest BCUT2D eigenvalue weighted by molar-refractivity contribution is 7.80. The van der Waals surface area contributed by atoms with E-state index >= 15 is 0 Å². The highest BCUT2D eigenvalue weighted by Crippen LogP contribution is 1.96. The zero-order valence-corrected chi connectivity index (χ0v) is 7.17. The summed E-state index contributed by atoms with van der Waals surface area (Å²) in [6, 6.07) is 0. The number of rotatable bonds is 0. The molecule has 0 saturated carbocycles. The average Bonchev–Trinajstić information content (AvgIpc) is 2.33. The minimum atomic E-state index is 0.309. The van der Waals surface area contributed by atoms with E-state index in [9.17, 15) is 0 Å². The summed E-state index contributed by atoms with van der Waals surface area (Å²) in [7, 11) is 3.65. The number of nitrogens with zero attached hydrogens (tertiary/aromatic N) is 4. The zero-order chi connectivity index (χ0) is 8.43. The summed E-state index contributed by atoms with van der Waals surface area (Å²) in [5.74, 6) is 0.309. The molecule has 0 aliphatic carbocycles. The summed E-state index contributed by atoms with van der Waals surface area (Å²) in [5.41, 5.74) is 5.45. The lowest BCUT2D eigenvalue weighted by atomic mass is 10.8. The van der Waals surface area contributed by atoms with Crippen molar-refractivity contribution in [3.63, 3.8) is 0 Å². The highest BCUT2D eigenvalue weighted by Gasteiger charge is 2.06. The number of anilines is 1. The van der Waals surface area contributed by atoms with Crippen molar-refractivity contribution in [1.82, 2.24) is 19.7 Å². The van der Waals surface area contributed by atoms with Crippen molar-refractivity contribution in [1.29, 1.82) is 0 Å². The number of nitrogen functional groups attached to an aromatic ring is 1. The van der Waals surface area contributed by atoms with Gasteiger partial charge in [0.25, 0.3) is 0 Å². The number of aromatic nitrogens is 3. The van der Waals surface area contributed by atoms with Crippen molar-refractivity contribution in [2.24, 2.45) is 0 Å². The second kappa shape index (κ2) is 2.83. The fraction of sp³-hybridized carbons (Fsp3) is 0.400. The van der Waals surface area contributed by atoms with Gasteiger partial charge in [0.1, 0.15) is 6.33 Å². The number of hydrogen-bond acceptors (Lipinski definition) is 4. The Morgan fingerprint density at radius 2 is 2.36 bits per heavy atom. The van der Waals surface area contributed by atoms with Gasteiger partial charge in [0.05, 0.1) is 0 Å². The molecule has 6 heteroatoms. The molecule has 0 unspecified atom stereocenters. The molecule has 0 amide bonds. The lowest BCUT2D eigenvalue weighted by molar-refractivity contribution is 0.600. The molecule has 60 valence electrons. The number of hydrogen-bond donors (Lipinski definition) is 1. The van der Waals surface area contributed by atoms with Gasteiger partial charge in [-0.15, -0.1) is 0 Å². The number of nitrogens with two attached hydrogens (primary N) is 1. The Kier molecular flexibility index (Phi) is 2.04. The van der Waals surface area contributed by atoms with E-state index < -0.39 is 0 Å². The van der Waals surface area contributed by atoms with E-state index in [2.05, 4.69) is 10.1 Å². The van der Waals surface area contributed by atoms with Crippen LogP contribution in [0.15, 0.2) is 6.33 Å². The van der Waals surface area contributed by atoms with Crippen LogP contribution in [-0.4, -0.2) is 38.9 Å². The first-order valence-electron chi connectivity index (χ1n) is 3.00. The van der Waals surface area contributed by atoms with E-state index in [1.54, 1.807) is 4.90 Å². The predicted octanol–water partition coefficient (Wildman–Crippen LogP) is -0.445. The van der Waals surface area contributed by atoms with Gasteiger partial charge in [-0.3, -0.25) is 0 Å².